The number of hydrogen-bond acceptors (Lipinski definition) is 7. The number of hydrogen-bond donors (Lipinski definition) is 0. The molecular weight excluding hydrogens is 484 g/mol. The maximum absolute atomic E-state index is 12.7. The third-order valence-electron chi connectivity index (χ3n) is 7.99. The second-order valence-corrected chi connectivity index (χ2v) is 9.68. The van der Waals surface area contributed by atoms with E-state index in [0.29, 0.717) is 23.5 Å². The Balaban J connectivity index is 1.57. The van der Waals surface area contributed by atoms with Gasteiger partial charge < -0.3 is 14.2 Å². The van der Waals surface area contributed by atoms with Crippen LogP contribution in [-0.2, 0) is 14.9 Å². The third kappa shape index (κ3) is 2.30. The van der Waals surface area contributed by atoms with Gasteiger partial charge in [-0.1, -0.05) is 30.3 Å². The normalized spacial score (nSPS) is 16.4. The van der Waals surface area contributed by atoms with Crippen molar-refractivity contribution >= 4 is 23.9 Å². The summed E-state index contributed by atoms with van der Waals surface area (Å²) in [4.78, 5) is 50.4. The second kappa shape index (κ2) is 6.83. The van der Waals surface area contributed by atoms with E-state index >= 15 is 0 Å². The summed E-state index contributed by atoms with van der Waals surface area (Å²) in [5.41, 5.74) is 6.55. The first-order valence-electron chi connectivity index (χ1n) is 12.2. The molecule has 0 N–H and O–H groups in total. The van der Waals surface area contributed by atoms with Gasteiger partial charge in [-0.2, -0.15) is 0 Å². The number of benzene rings is 4. The van der Waals surface area contributed by atoms with Gasteiger partial charge in [0.1, 0.15) is 5.75 Å². The van der Waals surface area contributed by atoms with Crippen LogP contribution in [0.5, 0.6) is 5.75 Å². The molecule has 182 valence electrons. The molecule has 8 rings (SSSR count). The predicted molar refractivity (Wildman–Crippen MR) is 133 cm³/mol. The zero-order chi connectivity index (χ0) is 25.9. The molecule has 38 heavy (non-hydrogen) atoms. The number of carbonyl (C=O) groups is 4. The van der Waals surface area contributed by atoms with Crippen LogP contribution in [0.15, 0.2) is 66.7 Å². The quantitative estimate of drug-likeness (QED) is 0.243. The fourth-order valence-electron chi connectivity index (χ4n) is 6.57. The Morgan fingerprint density at radius 2 is 1.05 bits per heavy atom. The molecule has 7 nitrogen and oxygen atoms in total. The largest absolute Gasteiger partial charge is 0.494 e. The van der Waals surface area contributed by atoms with Crippen molar-refractivity contribution in [2.45, 2.75) is 12.3 Å². The van der Waals surface area contributed by atoms with Crippen molar-refractivity contribution in [2.24, 2.45) is 0 Å². The summed E-state index contributed by atoms with van der Waals surface area (Å²) in [7, 11) is 0. The number of cyclic esters (lactones) is 4. The SMILES string of the molecule is CCOc1ccc2c(c1)C1(c3ccccc3-2)c2cc3c(cc2-c2cc4c(cc21)C(=O)OC4=O)C(=O)OC3=O. The highest BCUT2D eigenvalue weighted by Gasteiger charge is 2.54. The van der Waals surface area contributed by atoms with Gasteiger partial charge in [-0.3, -0.25) is 0 Å². The fraction of sp³-hybridized carbons (Fsp3) is 0.0968. The molecule has 0 saturated heterocycles. The predicted octanol–water partition coefficient (Wildman–Crippen LogP) is 5.05. The molecule has 2 heterocycles. The van der Waals surface area contributed by atoms with E-state index in [1.807, 2.05) is 49.4 Å². The third-order valence-corrected chi connectivity index (χ3v) is 7.99. The van der Waals surface area contributed by atoms with Crippen LogP contribution in [0.1, 0.15) is 70.6 Å². The Morgan fingerprint density at radius 3 is 1.63 bits per heavy atom. The number of esters is 4. The van der Waals surface area contributed by atoms with Crippen molar-refractivity contribution in [2.75, 3.05) is 6.61 Å². The van der Waals surface area contributed by atoms with Gasteiger partial charge in [0.15, 0.2) is 0 Å². The van der Waals surface area contributed by atoms with Gasteiger partial charge in [0, 0.05) is 0 Å². The van der Waals surface area contributed by atoms with Gasteiger partial charge in [-0.15, -0.1) is 0 Å². The first-order chi connectivity index (χ1) is 18.4. The lowest BCUT2D eigenvalue weighted by Crippen LogP contribution is -2.26. The lowest BCUT2D eigenvalue weighted by atomic mass is 9.70. The standard InChI is InChI=1S/C31H16O7/c1-2-36-14-7-8-16-15-5-3-4-6-23(15)31(24(16)9-14)25-12-21-19(27(32)37-29(21)34)10-17(25)18-11-20-22(13-26(18)31)30(35)38-28(20)33/h3-13H,2H2,1H3. The summed E-state index contributed by atoms with van der Waals surface area (Å²) in [6.45, 7) is 2.39. The van der Waals surface area contributed by atoms with E-state index in [9.17, 15) is 19.2 Å². The monoisotopic (exact) mass is 500 g/mol. The highest BCUT2D eigenvalue weighted by molar-refractivity contribution is 6.18. The maximum Gasteiger partial charge on any atom is 0.346 e. The van der Waals surface area contributed by atoms with Gasteiger partial charge in [0.25, 0.3) is 0 Å². The molecule has 0 atom stereocenters. The van der Waals surface area contributed by atoms with E-state index in [-0.39, 0.29) is 22.3 Å². The molecule has 0 bridgehead atoms. The summed E-state index contributed by atoms with van der Waals surface area (Å²) in [6.07, 6.45) is 0. The average molecular weight is 500 g/mol. The van der Waals surface area contributed by atoms with Crippen molar-refractivity contribution in [1.29, 1.82) is 0 Å². The van der Waals surface area contributed by atoms with Gasteiger partial charge in [0.05, 0.1) is 34.3 Å². The van der Waals surface area contributed by atoms with Crippen LogP contribution in [0.25, 0.3) is 22.3 Å². The van der Waals surface area contributed by atoms with Crippen molar-refractivity contribution in [3.05, 3.63) is 111 Å². The lowest BCUT2D eigenvalue weighted by molar-refractivity contribution is 0.0425. The van der Waals surface area contributed by atoms with E-state index in [0.717, 1.165) is 33.4 Å². The van der Waals surface area contributed by atoms with Gasteiger partial charge in [-0.25, -0.2) is 19.2 Å². The van der Waals surface area contributed by atoms with Crippen LogP contribution in [0, 0.1) is 0 Å². The number of fused-ring (bicyclic) bond motifs is 12. The molecule has 2 aliphatic carbocycles. The molecule has 4 aliphatic rings. The Bertz CT molecular complexity index is 1780. The molecule has 0 amide bonds. The van der Waals surface area contributed by atoms with E-state index < -0.39 is 29.3 Å². The summed E-state index contributed by atoms with van der Waals surface area (Å²) in [5, 5.41) is 0. The van der Waals surface area contributed by atoms with Crippen LogP contribution >= 0.6 is 0 Å². The fourth-order valence-corrected chi connectivity index (χ4v) is 6.57. The van der Waals surface area contributed by atoms with Crippen molar-refractivity contribution < 1.29 is 33.4 Å². The highest BCUT2D eigenvalue weighted by atomic mass is 16.6. The zero-order valence-electron chi connectivity index (χ0n) is 19.9. The highest BCUT2D eigenvalue weighted by Crippen LogP contribution is 2.64. The number of carbonyl (C=O) groups excluding carboxylic acids is 4. The van der Waals surface area contributed by atoms with Crippen LogP contribution in [-0.4, -0.2) is 30.5 Å². The summed E-state index contributed by atoms with van der Waals surface area (Å²) < 4.78 is 15.7. The molecule has 1 spiro atoms. The molecule has 0 radical (unpaired) electrons. The topological polar surface area (TPSA) is 96.0 Å². The van der Waals surface area contributed by atoms with E-state index in [4.69, 9.17) is 14.2 Å². The van der Waals surface area contributed by atoms with Crippen molar-refractivity contribution in [1.82, 2.24) is 0 Å². The van der Waals surface area contributed by atoms with Gasteiger partial charge >= 0.3 is 23.9 Å². The minimum Gasteiger partial charge on any atom is -0.494 e. The van der Waals surface area contributed by atoms with Gasteiger partial charge in [0.2, 0.25) is 0 Å². The molecule has 2 aliphatic heterocycles. The van der Waals surface area contributed by atoms with Crippen LogP contribution < -0.4 is 4.74 Å². The number of ether oxygens (including phenoxy) is 3. The molecule has 0 aromatic heterocycles. The maximum atomic E-state index is 12.7. The molecule has 0 unspecified atom stereocenters. The molecule has 0 fully saturated rings. The minimum atomic E-state index is -0.939. The lowest BCUT2D eigenvalue weighted by Gasteiger charge is -2.31. The Morgan fingerprint density at radius 1 is 0.553 bits per heavy atom. The minimum absolute atomic E-state index is 0.172. The van der Waals surface area contributed by atoms with E-state index in [1.54, 1.807) is 24.3 Å². The first kappa shape index (κ1) is 21.1. The average Bonchev–Trinajstić information content (AvgIpc) is 3.57. The molecule has 7 heteroatoms. The Kier molecular flexibility index (Phi) is 3.79. The van der Waals surface area contributed by atoms with E-state index in [2.05, 4.69) is 0 Å². The molecule has 4 aromatic carbocycles. The summed E-state index contributed by atoms with van der Waals surface area (Å²) >= 11 is 0. The Hall–Kier alpha value is -5.04. The summed E-state index contributed by atoms with van der Waals surface area (Å²) in [5.74, 6) is -2.14. The first-order valence-corrected chi connectivity index (χ1v) is 12.2. The van der Waals surface area contributed by atoms with Crippen molar-refractivity contribution in [3.63, 3.8) is 0 Å². The molecule has 0 saturated carbocycles. The van der Waals surface area contributed by atoms with Crippen LogP contribution in [0.3, 0.4) is 0 Å². The smallest absolute Gasteiger partial charge is 0.346 e. The van der Waals surface area contributed by atoms with Crippen molar-refractivity contribution in [3.8, 4) is 28.0 Å². The zero-order valence-corrected chi connectivity index (χ0v) is 19.9. The van der Waals surface area contributed by atoms with E-state index in [1.165, 1.54) is 0 Å². The number of rotatable bonds is 2. The second-order valence-electron chi connectivity index (χ2n) is 9.68. The van der Waals surface area contributed by atoms with Crippen LogP contribution in [0.4, 0.5) is 0 Å². The molecular formula is C31H16O7. The van der Waals surface area contributed by atoms with Gasteiger partial charge in [-0.05, 0) is 87.8 Å². The molecule has 4 aromatic rings. The Labute approximate surface area is 215 Å². The van der Waals surface area contributed by atoms with Crippen LogP contribution in [0.2, 0.25) is 0 Å². The summed E-state index contributed by atoms with van der Waals surface area (Å²) in [6, 6.07) is 20.7.